The van der Waals surface area contributed by atoms with Crippen LogP contribution >= 0.6 is 0 Å². The third-order valence-electron chi connectivity index (χ3n) is 1.50. The third-order valence-corrected chi connectivity index (χ3v) is 5.20. The zero-order chi connectivity index (χ0) is 11.0. The van der Waals surface area contributed by atoms with Crippen molar-refractivity contribution >= 4 is 33.2 Å². The van der Waals surface area contributed by atoms with Gasteiger partial charge in [0.2, 0.25) is 0 Å². The van der Waals surface area contributed by atoms with Gasteiger partial charge in [0.25, 0.3) is 0 Å². The Morgan fingerprint density at radius 3 is 1.86 bits per heavy atom. The fourth-order valence-corrected chi connectivity index (χ4v) is 2.88. The van der Waals surface area contributed by atoms with E-state index in [9.17, 15) is 11.4 Å². The van der Waals surface area contributed by atoms with Gasteiger partial charge in [-0.15, -0.1) is 0 Å². The van der Waals surface area contributed by atoms with Crippen LogP contribution in [0.2, 0.25) is 0 Å². The molecule has 6 nitrogen and oxygen atoms in total. The molecule has 0 fully saturated rings. The van der Waals surface area contributed by atoms with Crippen LogP contribution in [0.1, 0.15) is 0 Å². The van der Waals surface area contributed by atoms with Gasteiger partial charge in [-0.25, -0.2) is 0 Å². The van der Waals surface area contributed by atoms with Crippen LogP contribution < -0.4 is 8.65 Å². The molecule has 4 N–H and O–H groups in total. The van der Waals surface area contributed by atoms with Gasteiger partial charge < -0.3 is 0 Å². The number of benzene rings is 1. The summed E-state index contributed by atoms with van der Waals surface area (Å²) >= 11 is -5.21. The van der Waals surface area contributed by atoms with Crippen LogP contribution in [0.4, 0.5) is 0 Å². The van der Waals surface area contributed by atoms with Gasteiger partial charge in [0, 0.05) is 0 Å². The summed E-state index contributed by atoms with van der Waals surface area (Å²) in [5, 5.41) is 4.80. The van der Waals surface area contributed by atoms with Crippen molar-refractivity contribution in [3.05, 3.63) is 24.3 Å². The molecule has 14 heavy (non-hydrogen) atoms. The van der Waals surface area contributed by atoms with Gasteiger partial charge in [0.05, 0.1) is 0 Å². The second-order valence-corrected chi connectivity index (χ2v) is 8.72. The van der Waals surface area contributed by atoms with E-state index in [4.69, 9.17) is 11.9 Å². The molecule has 0 unspecified atom stereocenters. The molecule has 0 bridgehead atoms. The molecule has 1 rings (SSSR count). The van der Waals surface area contributed by atoms with E-state index in [1.165, 1.54) is 0 Å². The van der Waals surface area contributed by atoms with E-state index >= 15 is 0 Å². The second-order valence-electron chi connectivity index (χ2n) is 2.58. The van der Waals surface area contributed by atoms with Crippen molar-refractivity contribution in [1.29, 1.82) is 0 Å². The van der Waals surface area contributed by atoms with E-state index in [0.29, 0.717) is 0 Å². The van der Waals surface area contributed by atoms with Gasteiger partial charge in [-0.1, -0.05) is 0 Å². The Labute approximate surface area is 85.6 Å². The maximum absolute atomic E-state index is 10.8. The fraction of sp³-hybridized carbons (Fsp3) is 0. The predicted octanol–water partition coefficient (Wildman–Crippen LogP) is -2.10. The van der Waals surface area contributed by atoms with Crippen LogP contribution in [0.3, 0.4) is 0 Å². The summed E-state index contributed by atoms with van der Waals surface area (Å²) in [6, 6.07) is 4.27. The van der Waals surface area contributed by atoms with E-state index in [1.807, 2.05) is 0 Å². The molecule has 0 saturated carbocycles. The molecule has 0 aliphatic heterocycles. The minimum absolute atomic E-state index is 0.157. The van der Waals surface area contributed by atoms with Crippen LogP contribution in [0.15, 0.2) is 29.2 Å². The van der Waals surface area contributed by atoms with Crippen molar-refractivity contribution in [2.45, 2.75) is 4.90 Å². The monoisotopic (exact) mass is 327 g/mol. The Morgan fingerprint density at radius 2 is 1.57 bits per heavy atom. The van der Waals surface area contributed by atoms with Crippen molar-refractivity contribution in [3.8, 4) is 0 Å². The van der Waals surface area contributed by atoms with Gasteiger partial charge in [-0.2, -0.15) is 0 Å². The van der Waals surface area contributed by atoms with E-state index in [2.05, 4.69) is 0 Å². The fourth-order valence-electron chi connectivity index (χ4n) is 0.830. The van der Waals surface area contributed by atoms with Crippen LogP contribution in [0.5, 0.6) is 0 Å². The molecule has 0 radical (unpaired) electrons. The average molecular weight is 328 g/mol. The number of sulfonamides is 1. The first-order valence-electron chi connectivity index (χ1n) is 3.40. The predicted molar refractivity (Wildman–Crippen MR) is 48.3 cm³/mol. The van der Waals surface area contributed by atoms with Crippen molar-refractivity contribution in [2.24, 2.45) is 5.14 Å². The molecule has 78 valence electrons. The molecule has 0 aromatic heterocycles. The Balaban J connectivity index is 3.21. The molecular weight excluding hydrogens is 320 g/mol. The molecule has 0 aliphatic carbocycles. The Hall–Kier alpha value is -0.332. The average Bonchev–Trinajstić information content (AvgIpc) is 2.01. The Bertz CT molecular complexity index is 473. The zero-order valence-corrected chi connectivity index (χ0v) is 10.2. The summed E-state index contributed by atoms with van der Waals surface area (Å²) in [6.07, 6.45) is 0. The molecule has 0 amide bonds. The molecule has 8 heteroatoms. The molecule has 1 aromatic rings. The molecule has 0 aliphatic rings. The van der Waals surface area contributed by atoms with E-state index in [1.54, 1.807) is 0 Å². The molecule has 0 spiro atoms. The molecular formula is C6H8NO5SSb. The standard InChI is InChI=1S/C6H6NO2S.2H2O.O.Sb/c7-10(8,9)6-4-2-1-3-5-6;;;;/h2-5H,(H2,7,8,9);2*1H2;;/q;;;;+2/p-2. The maximum atomic E-state index is 10.8. The van der Waals surface area contributed by atoms with Gasteiger partial charge in [0.1, 0.15) is 0 Å². The SMILES string of the molecule is NS(=O)(=O)c1cc[c]([Sb](=[O])([OH])[OH])cc1. The Morgan fingerprint density at radius 1 is 1.14 bits per heavy atom. The quantitative estimate of drug-likeness (QED) is 0.538. The van der Waals surface area contributed by atoms with Crippen molar-refractivity contribution < 1.29 is 18.2 Å². The summed E-state index contributed by atoms with van der Waals surface area (Å²) in [6.45, 7) is 0. The van der Waals surface area contributed by atoms with E-state index in [-0.39, 0.29) is 8.41 Å². The Kier molecular flexibility index (Phi) is 3.08. The number of hydrogen-bond donors (Lipinski definition) is 3. The summed E-state index contributed by atoms with van der Waals surface area (Å²) < 4.78 is 49.8. The van der Waals surface area contributed by atoms with Gasteiger partial charge >= 0.3 is 85.7 Å². The first-order valence-corrected chi connectivity index (χ1v) is 9.55. The van der Waals surface area contributed by atoms with Crippen molar-refractivity contribution in [3.63, 3.8) is 0 Å². The van der Waals surface area contributed by atoms with Crippen LogP contribution in [0.25, 0.3) is 0 Å². The van der Waals surface area contributed by atoms with Crippen molar-refractivity contribution in [1.82, 2.24) is 0 Å². The summed E-state index contributed by atoms with van der Waals surface area (Å²) in [4.78, 5) is -0.171. The number of hydrogen-bond acceptors (Lipinski definition) is 3. The molecule has 0 saturated heterocycles. The van der Waals surface area contributed by atoms with Crippen LogP contribution in [-0.4, -0.2) is 34.8 Å². The first kappa shape index (κ1) is 11.7. The van der Waals surface area contributed by atoms with E-state index in [0.717, 1.165) is 24.3 Å². The van der Waals surface area contributed by atoms with E-state index < -0.39 is 29.7 Å². The minimum atomic E-state index is -5.21. The topological polar surface area (TPSA) is 118 Å². The molecule has 0 atom stereocenters. The number of primary sulfonamides is 1. The molecule has 1 aromatic carbocycles. The third kappa shape index (κ3) is 2.83. The second kappa shape index (κ2) is 3.67. The number of rotatable bonds is 2. The van der Waals surface area contributed by atoms with Crippen LogP contribution in [0, 0.1) is 0 Å². The van der Waals surface area contributed by atoms with Gasteiger partial charge in [-0.3, -0.25) is 0 Å². The van der Waals surface area contributed by atoms with Gasteiger partial charge in [0.15, 0.2) is 0 Å². The summed E-state index contributed by atoms with van der Waals surface area (Å²) in [7, 11) is -3.81. The summed E-state index contributed by atoms with van der Waals surface area (Å²) in [5.41, 5.74) is 0. The first-order chi connectivity index (χ1) is 6.21. The molecule has 0 heterocycles. The van der Waals surface area contributed by atoms with Crippen molar-refractivity contribution in [2.75, 3.05) is 0 Å². The number of nitrogens with two attached hydrogens (primary N) is 1. The van der Waals surface area contributed by atoms with Crippen LogP contribution in [-0.2, 0) is 13.0 Å². The summed E-state index contributed by atoms with van der Waals surface area (Å²) in [5.74, 6) is 0. The zero-order valence-electron chi connectivity index (χ0n) is 6.86. The normalized spacial score (nSPS) is 12.8. The van der Waals surface area contributed by atoms with Gasteiger partial charge in [-0.05, 0) is 0 Å².